The Bertz CT molecular complexity index is 641. The van der Waals surface area contributed by atoms with Crippen molar-refractivity contribution < 1.29 is 4.79 Å². The average Bonchev–Trinajstić information content (AvgIpc) is 2.48. The van der Waals surface area contributed by atoms with Crippen molar-refractivity contribution in [1.29, 1.82) is 0 Å². The summed E-state index contributed by atoms with van der Waals surface area (Å²) in [6, 6.07) is 16.7. The molecule has 0 unspecified atom stereocenters. The second-order valence-corrected chi connectivity index (χ2v) is 4.76. The summed E-state index contributed by atoms with van der Waals surface area (Å²) in [5.74, 6) is 0.432. The highest BCUT2D eigenvalue weighted by Crippen LogP contribution is 2.18. The van der Waals surface area contributed by atoms with E-state index in [-0.39, 0.29) is 11.8 Å². The minimum absolute atomic E-state index is 0.0763. The van der Waals surface area contributed by atoms with E-state index >= 15 is 0 Å². The third-order valence-corrected chi connectivity index (χ3v) is 3.02. The van der Waals surface area contributed by atoms with Gasteiger partial charge >= 0.3 is 0 Å². The van der Waals surface area contributed by atoms with Gasteiger partial charge in [-0.2, -0.15) is 0 Å². The summed E-state index contributed by atoms with van der Waals surface area (Å²) in [5, 5.41) is 2.84. The molecule has 1 amide bonds. The lowest BCUT2D eigenvalue weighted by Gasteiger charge is -2.06. The van der Waals surface area contributed by atoms with Crippen molar-refractivity contribution in [2.24, 2.45) is 10.7 Å². The number of carbonyl (C=O) groups is 1. The van der Waals surface area contributed by atoms with Gasteiger partial charge in [-0.25, -0.2) is 4.99 Å². The van der Waals surface area contributed by atoms with E-state index in [4.69, 9.17) is 17.3 Å². The van der Waals surface area contributed by atoms with Gasteiger partial charge in [0.05, 0.1) is 18.0 Å². The molecule has 0 saturated carbocycles. The van der Waals surface area contributed by atoms with Crippen LogP contribution in [-0.4, -0.2) is 17.6 Å². The van der Waals surface area contributed by atoms with E-state index in [1.54, 1.807) is 24.3 Å². The van der Waals surface area contributed by atoms with Crippen molar-refractivity contribution in [3.8, 4) is 0 Å². The van der Waals surface area contributed by atoms with Gasteiger partial charge in [-0.1, -0.05) is 36.4 Å². The largest absolute Gasteiger partial charge is 0.386 e. The fourth-order valence-electron chi connectivity index (χ4n) is 1.84. The molecule has 108 valence electrons. The number of halogens is 1. The summed E-state index contributed by atoms with van der Waals surface area (Å²) in [6.07, 6.45) is 0.332. The van der Waals surface area contributed by atoms with Gasteiger partial charge in [-0.05, 0) is 23.8 Å². The second kappa shape index (κ2) is 7.45. The molecule has 0 aliphatic rings. The van der Waals surface area contributed by atoms with Crippen LogP contribution in [0.25, 0.3) is 0 Å². The average molecular weight is 302 g/mol. The van der Waals surface area contributed by atoms with Crippen molar-refractivity contribution in [3.05, 3.63) is 60.2 Å². The van der Waals surface area contributed by atoms with Gasteiger partial charge in [-0.3, -0.25) is 4.79 Å². The van der Waals surface area contributed by atoms with Gasteiger partial charge in [0.2, 0.25) is 5.91 Å². The van der Waals surface area contributed by atoms with Crippen molar-refractivity contribution >= 4 is 34.7 Å². The van der Waals surface area contributed by atoms with Gasteiger partial charge in [0.15, 0.2) is 0 Å². The van der Waals surface area contributed by atoms with E-state index in [9.17, 15) is 4.79 Å². The van der Waals surface area contributed by atoms with Crippen LogP contribution in [0.5, 0.6) is 0 Å². The maximum Gasteiger partial charge on any atom is 0.228 e. The van der Waals surface area contributed by atoms with E-state index < -0.39 is 0 Å². The molecular weight excluding hydrogens is 286 g/mol. The Morgan fingerprint density at radius 3 is 2.62 bits per heavy atom. The molecule has 0 bridgehead atoms. The third-order valence-electron chi connectivity index (χ3n) is 2.75. The van der Waals surface area contributed by atoms with Crippen LogP contribution < -0.4 is 11.1 Å². The second-order valence-electron chi connectivity index (χ2n) is 4.50. The Labute approximate surface area is 128 Å². The zero-order valence-corrected chi connectivity index (χ0v) is 12.2. The summed E-state index contributed by atoms with van der Waals surface area (Å²) in [4.78, 5) is 16.1. The number of aliphatic imine (C=N–C) groups is 1. The lowest BCUT2D eigenvalue weighted by molar-refractivity contribution is -0.115. The number of carbonyl (C=O) groups excluding carboxylic acids is 1. The Morgan fingerprint density at radius 2 is 1.90 bits per heavy atom. The summed E-state index contributed by atoms with van der Waals surface area (Å²) in [7, 11) is 0. The maximum atomic E-state index is 12.0. The van der Waals surface area contributed by atoms with E-state index in [0.717, 1.165) is 5.56 Å². The smallest absolute Gasteiger partial charge is 0.228 e. The number of benzene rings is 2. The van der Waals surface area contributed by atoms with Crippen LogP contribution in [0.1, 0.15) is 5.56 Å². The predicted octanol–water partition coefficient (Wildman–Crippen LogP) is 3.10. The van der Waals surface area contributed by atoms with Gasteiger partial charge in [0, 0.05) is 5.69 Å². The number of nitrogens with two attached hydrogens (primary N) is 1. The zero-order valence-electron chi connectivity index (χ0n) is 11.4. The van der Waals surface area contributed by atoms with E-state index in [2.05, 4.69) is 10.3 Å². The number of hydrogen-bond donors (Lipinski definition) is 2. The Hall–Kier alpha value is -2.33. The fourth-order valence-corrected chi connectivity index (χ4v) is 1.90. The fraction of sp³-hybridized carbons (Fsp3) is 0.125. The lowest BCUT2D eigenvalue weighted by Crippen LogP contribution is -2.14. The first-order valence-corrected chi connectivity index (χ1v) is 7.03. The molecule has 4 nitrogen and oxygen atoms in total. The van der Waals surface area contributed by atoms with E-state index in [0.29, 0.717) is 23.6 Å². The highest BCUT2D eigenvalue weighted by molar-refractivity contribution is 6.28. The number of nitrogens with one attached hydrogen (secondary N) is 1. The zero-order chi connectivity index (χ0) is 15.1. The molecule has 0 aliphatic heterocycles. The minimum Gasteiger partial charge on any atom is -0.386 e. The quantitative estimate of drug-likeness (QED) is 0.506. The molecular formula is C16H16ClN3O. The van der Waals surface area contributed by atoms with E-state index in [1.165, 1.54) is 0 Å². The Kier molecular flexibility index (Phi) is 5.35. The highest BCUT2D eigenvalue weighted by atomic mass is 35.5. The van der Waals surface area contributed by atoms with Gasteiger partial charge in [-0.15, -0.1) is 11.6 Å². The molecule has 0 saturated heterocycles. The first kappa shape index (κ1) is 15.1. The Balaban J connectivity index is 2.03. The number of alkyl halides is 1. The van der Waals surface area contributed by atoms with Crippen LogP contribution in [0.15, 0.2) is 59.6 Å². The van der Waals surface area contributed by atoms with Crippen LogP contribution in [0.3, 0.4) is 0 Å². The van der Waals surface area contributed by atoms with Crippen molar-refractivity contribution in [2.75, 3.05) is 11.2 Å². The molecule has 2 aromatic rings. The van der Waals surface area contributed by atoms with Crippen molar-refractivity contribution in [3.63, 3.8) is 0 Å². The summed E-state index contributed by atoms with van der Waals surface area (Å²) < 4.78 is 0. The molecule has 0 spiro atoms. The number of rotatable bonds is 5. The van der Waals surface area contributed by atoms with Gasteiger partial charge in [0.25, 0.3) is 0 Å². The van der Waals surface area contributed by atoms with Crippen molar-refractivity contribution in [1.82, 2.24) is 0 Å². The molecule has 21 heavy (non-hydrogen) atoms. The normalized spacial score (nSPS) is 11.2. The molecule has 2 rings (SSSR count). The third kappa shape index (κ3) is 4.93. The highest BCUT2D eigenvalue weighted by Gasteiger charge is 2.04. The topological polar surface area (TPSA) is 67.5 Å². The molecule has 0 aliphatic carbocycles. The minimum atomic E-state index is -0.0763. The molecule has 0 fully saturated rings. The number of amidine groups is 1. The molecule has 0 heterocycles. The molecule has 5 heteroatoms. The van der Waals surface area contributed by atoms with Crippen LogP contribution in [-0.2, 0) is 11.2 Å². The molecule has 0 atom stereocenters. The SMILES string of the molecule is NC(CCl)=Nc1cccc(NC(=O)Cc2ccccc2)c1. The first-order valence-electron chi connectivity index (χ1n) is 6.50. The molecule has 2 aromatic carbocycles. The maximum absolute atomic E-state index is 12.0. The summed E-state index contributed by atoms with van der Waals surface area (Å²) in [6.45, 7) is 0. The number of hydrogen-bond acceptors (Lipinski definition) is 2. The monoisotopic (exact) mass is 301 g/mol. The van der Waals surface area contributed by atoms with Crippen LogP contribution in [0.2, 0.25) is 0 Å². The summed E-state index contributed by atoms with van der Waals surface area (Å²) in [5.41, 5.74) is 7.90. The molecule has 0 radical (unpaired) electrons. The van der Waals surface area contributed by atoms with Crippen LogP contribution >= 0.6 is 11.6 Å². The van der Waals surface area contributed by atoms with Gasteiger partial charge in [0.1, 0.15) is 5.84 Å². The van der Waals surface area contributed by atoms with E-state index in [1.807, 2.05) is 30.3 Å². The number of amides is 1. The molecule has 0 aromatic heterocycles. The van der Waals surface area contributed by atoms with Gasteiger partial charge < -0.3 is 11.1 Å². The number of anilines is 1. The molecule has 3 N–H and O–H groups in total. The first-order chi connectivity index (χ1) is 10.2. The van der Waals surface area contributed by atoms with Crippen LogP contribution in [0, 0.1) is 0 Å². The van der Waals surface area contributed by atoms with Crippen molar-refractivity contribution in [2.45, 2.75) is 6.42 Å². The number of nitrogens with zero attached hydrogens (tertiary/aromatic N) is 1. The Morgan fingerprint density at radius 1 is 1.14 bits per heavy atom. The summed E-state index contributed by atoms with van der Waals surface area (Å²) >= 11 is 5.59. The predicted molar refractivity (Wildman–Crippen MR) is 87.2 cm³/mol. The lowest BCUT2D eigenvalue weighted by atomic mass is 10.1. The van der Waals surface area contributed by atoms with Crippen LogP contribution in [0.4, 0.5) is 11.4 Å². The standard InChI is InChI=1S/C16H16ClN3O/c17-11-15(18)19-13-7-4-8-14(10-13)20-16(21)9-12-5-2-1-3-6-12/h1-8,10H,9,11H2,(H2,18,19)(H,20,21).